The van der Waals surface area contributed by atoms with Gasteiger partial charge in [0.2, 0.25) is 0 Å². The summed E-state index contributed by atoms with van der Waals surface area (Å²) in [4.78, 5) is 36.8. The monoisotopic (exact) mass is 748 g/mol. The fourth-order valence-corrected chi connectivity index (χ4v) is 6.25. The van der Waals surface area contributed by atoms with E-state index in [4.69, 9.17) is 14.2 Å². The minimum atomic E-state index is -1.13. The third kappa shape index (κ3) is 35.0. The molecule has 0 aliphatic heterocycles. The summed E-state index contributed by atoms with van der Waals surface area (Å²) in [6.45, 7) is 4.52. The van der Waals surface area contributed by atoms with Crippen LogP contribution in [0.4, 0.5) is 0 Å². The highest BCUT2D eigenvalue weighted by Gasteiger charge is 2.25. The van der Waals surface area contributed by atoms with Crippen molar-refractivity contribution in [1.82, 2.24) is 0 Å². The zero-order valence-corrected chi connectivity index (χ0v) is 34.9. The summed E-state index contributed by atoms with van der Waals surface area (Å²) in [7, 11) is 5.40. The number of hydrogen-bond acceptors (Lipinski definition) is 7. The van der Waals surface area contributed by atoms with Crippen LogP contribution in [0.3, 0.4) is 0 Å². The zero-order valence-electron chi connectivity index (χ0n) is 34.9. The van der Waals surface area contributed by atoms with Gasteiger partial charge in [-0.15, -0.1) is 0 Å². The van der Waals surface area contributed by atoms with Gasteiger partial charge in [-0.25, -0.2) is 0 Å². The van der Waals surface area contributed by atoms with E-state index in [0.717, 1.165) is 57.8 Å². The number of aliphatic carboxylic acids is 1. The molecule has 0 fully saturated rings. The van der Waals surface area contributed by atoms with Gasteiger partial charge in [-0.3, -0.25) is 9.59 Å². The molecule has 2 unspecified atom stereocenters. The summed E-state index contributed by atoms with van der Waals surface area (Å²) in [6.07, 6.45) is 40.2. The van der Waals surface area contributed by atoms with Crippen molar-refractivity contribution in [2.45, 2.75) is 193 Å². The molecule has 0 radical (unpaired) electrons. The van der Waals surface area contributed by atoms with Gasteiger partial charge in [-0.1, -0.05) is 166 Å². The fraction of sp³-hybridized carbons (Fsp3) is 0.800. The van der Waals surface area contributed by atoms with E-state index in [1.54, 1.807) is 21.1 Å². The smallest absolute Gasteiger partial charge is 0.306 e. The molecule has 53 heavy (non-hydrogen) atoms. The number of rotatable bonds is 38. The van der Waals surface area contributed by atoms with Gasteiger partial charge in [0, 0.05) is 19.3 Å². The molecule has 0 heterocycles. The average Bonchev–Trinajstić information content (AvgIpc) is 3.11. The van der Waals surface area contributed by atoms with Gasteiger partial charge in [0.1, 0.15) is 12.6 Å². The largest absolute Gasteiger partial charge is 0.544 e. The van der Waals surface area contributed by atoms with Crippen molar-refractivity contribution in [3.05, 3.63) is 36.5 Å². The van der Waals surface area contributed by atoms with E-state index in [2.05, 4.69) is 50.3 Å². The second-order valence-electron chi connectivity index (χ2n) is 15.6. The molecule has 0 aliphatic rings. The zero-order chi connectivity index (χ0) is 39.3. The van der Waals surface area contributed by atoms with Crippen molar-refractivity contribution in [2.24, 2.45) is 0 Å². The number of quaternary nitrogens is 1. The number of carboxylic acid groups (broad SMARTS) is 1. The van der Waals surface area contributed by atoms with Crippen LogP contribution in [0.15, 0.2) is 36.5 Å². The summed E-state index contributed by atoms with van der Waals surface area (Å²) >= 11 is 0. The van der Waals surface area contributed by atoms with E-state index in [1.807, 2.05) is 0 Å². The van der Waals surface area contributed by atoms with Gasteiger partial charge >= 0.3 is 11.9 Å². The standard InChI is InChI=1S/C45H81NO7/c1-6-8-10-12-14-16-18-20-22-24-26-28-30-32-34-36-44(48)53-41(39-51-38-37-42(45(49)50)46(3,4)5)40-52-43(47)35-33-31-29-27-25-23-21-19-17-15-13-11-9-7-2/h8,10,12,14,16,18,41-42H,6-7,9,11,13,15,17,19-40H2,1-5H3/b10-8+,14-12+,18-16+. The van der Waals surface area contributed by atoms with Gasteiger partial charge in [-0.2, -0.15) is 0 Å². The van der Waals surface area contributed by atoms with Crippen LogP contribution in [0, 0.1) is 0 Å². The van der Waals surface area contributed by atoms with Crippen LogP contribution in [0.2, 0.25) is 0 Å². The van der Waals surface area contributed by atoms with Crippen molar-refractivity contribution in [1.29, 1.82) is 0 Å². The first-order valence-corrected chi connectivity index (χ1v) is 21.5. The maximum Gasteiger partial charge on any atom is 0.306 e. The van der Waals surface area contributed by atoms with Crippen molar-refractivity contribution in [3.8, 4) is 0 Å². The highest BCUT2D eigenvalue weighted by atomic mass is 16.6. The molecule has 0 rings (SSSR count). The number of hydrogen-bond donors (Lipinski definition) is 0. The second-order valence-corrected chi connectivity index (χ2v) is 15.6. The minimum Gasteiger partial charge on any atom is -0.544 e. The number of unbranched alkanes of at least 4 members (excludes halogenated alkanes) is 20. The molecule has 0 saturated heterocycles. The number of carbonyl (C=O) groups excluding carboxylic acids is 3. The molecule has 308 valence electrons. The van der Waals surface area contributed by atoms with Gasteiger partial charge in [0.15, 0.2) is 6.10 Å². The maximum absolute atomic E-state index is 12.7. The Labute approximate surface area is 325 Å². The van der Waals surface area contributed by atoms with E-state index in [0.29, 0.717) is 12.8 Å². The third-order valence-corrected chi connectivity index (χ3v) is 9.60. The highest BCUT2D eigenvalue weighted by molar-refractivity contribution is 5.70. The van der Waals surface area contributed by atoms with Crippen molar-refractivity contribution < 1.29 is 38.2 Å². The summed E-state index contributed by atoms with van der Waals surface area (Å²) in [5.74, 6) is -1.75. The van der Waals surface area contributed by atoms with Gasteiger partial charge < -0.3 is 28.6 Å². The molecule has 8 nitrogen and oxygen atoms in total. The van der Waals surface area contributed by atoms with Crippen molar-refractivity contribution in [2.75, 3.05) is 41.0 Å². The quantitative estimate of drug-likeness (QED) is 0.0268. The van der Waals surface area contributed by atoms with E-state index in [-0.39, 0.29) is 42.7 Å². The minimum absolute atomic E-state index is 0.0379. The molecule has 0 aromatic carbocycles. The topological polar surface area (TPSA) is 102 Å². The predicted molar refractivity (Wildman–Crippen MR) is 217 cm³/mol. The SMILES string of the molecule is CC/C=C/C=C/C=C/CCCCCCCCCC(=O)OC(COCCC(C(=O)[O-])[N+](C)(C)C)COC(=O)CCCCCCCCCCCCCCCC. The number of ether oxygens (including phenoxy) is 3. The Kier molecular flexibility index (Phi) is 34.8. The maximum atomic E-state index is 12.7. The predicted octanol–water partition coefficient (Wildman–Crippen LogP) is 10.1. The molecular weight excluding hydrogens is 666 g/mol. The van der Waals surface area contributed by atoms with Gasteiger partial charge in [0.05, 0.1) is 40.3 Å². The molecule has 0 amide bonds. The van der Waals surface area contributed by atoms with E-state index in [1.165, 1.54) is 89.9 Å². The Hall–Kier alpha value is -2.45. The molecule has 0 aliphatic carbocycles. The molecule has 0 saturated carbocycles. The lowest BCUT2D eigenvalue weighted by atomic mass is 10.0. The lowest BCUT2D eigenvalue weighted by molar-refractivity contribution is -0.889. The summed E-state index contributed by atoms with van der Waals surface area (Å²) in [5.41, 5.74) is 0. The van der Waals surface area contributed by atoms with Crippen molar-refractivity contribution in [3.63, 3.8) is 0 Å². The molecule has 0 aromatic heterocycles. The molecule has 8 heteroatoms. The van der Waals surface area contributed by atoms with Crippen molar-refractivity contribution >= 4 is 17.9 Å². The Bertz CT molecular complexity index is 968. The molecule has 0 bridgehead atoms. The number of carboxylic acids is 1. The number of nitrogens with zero attached hydrogens (tertiary/aromatic N) is 1. The van der Waals surface area contributed by atoms with Crippen LogP contribution in [-0.4, -0.2) is 75.5 Å². The average molecular weight is 748 g/mol. The number of carbonyl (C=O) groups is 3. The Morgan fingerprint density at radius 1 is 0.585 bits per heavy atom. The van der Waals surface area contributed by atoms with Crippen LogP contribution in [-0.2, 0) is 28.6 Å². The highest BCUT2D eigenvalue weighted by Crippen LogP contribution is 2.15. The number of likely N-dealkylation sites (N-methyl/N-ethyl adjacent to an activating group) is 1. The lowest BCUT2D eigenvalue weighted by Crippen LogP contribution is -2.55. The third-order valence-electron chi connectivity index (χ3n) is 9.60. The lowest BCUT2D eigenvalue weighted by Gasteiger charge is -2.34. The van der Waals surface area contributed by atoms with Crippen LogP contribution in [0.5, 0.6) is 0 Å². The molecule has 0 spiro atoms. The summed E-state index contributed by atoms with van der Waals surface area (Å²) < 4.78 is 17.1. The first kappa shape index (κ1) is 50.5. The summed E-state index contributed by atoms with van der Waals surface area (Å²) in [5, 5.41) is 11.6. The molecule has 0 N–H and O–H groups in total. The molecule has 0 aromatic rings. The Morgan fingerprint density at radius 3 is 1.55 bits per heavy atom. The first-order chi connectivity index (χ1) is 25.6. The van der Waals surface area contributed by atoms with Crippen LogP contribution < -0.4 is 5.11 Å². The van der Waals surface area contributed by atoms with E-state index < -0.39 is 18.1 Å². The van der Waals surface area contributed by atoms with Crippen LogP contribution >= 0.6 is 0 Å². The van der Waals surface area contributed by atoms with E-state index in [9.17, 15) is 19.5 Å². The molecule has 2 atom stereocenters. The number of allylic oxidation sites excluding steroid dienone is 6. The summed E-state index contributed by atoms with van der Waals surface area (Å²) in [6, 6.07) is -0.726. The van der Waals surface area contributed by atoms with Gasteiger partial charge in [-0.05, 0) is 32.1 Å². The first-order valence-electron chi connectivity index (χ1n) is 21.5. The van der Waals surface area contributed by atoms with Gasteiger partial charge in [0.25, 0.3) is 0 Å². The normalized spacial score (nSPS) is 13.3. The Morgan fingerprint density at radius 2 is 1.06 bits per heavy atom. The van der Waals surface area contributed by atoms with E-state index >= 15 is 0 Å². The Balaban J connectivity index is 4.36. The fourth-order valence-electron chi connectivity index (χ4n) is 6.25. The molecular formula is C45H81NO7. The second kappa shape index (κ2) is 36.5. The van der Waals surface area contributed by atoms with Crippen LogP contribution in [0.25, 0.3) is 0 Å². The number of esters is 2. The van der Waals surface area contributed by atoms with Crippen LogP contribution in [0.1, 0.15) is 181 Å².